The van der Waals surface area contributed by atoms with Gasteiger partial charge in [0.25, 0.3) is 5.89 Å². The molecule has 0 aliphatic carbocycles. The van der Waals surface area contributed by atoms with Gasteiger partial charge in [-0.05, 0) is 36.4 Å². The number of carbonyl (C=O) groups excluding carboxylic acids is 1. The van der Waals surface area contributed by atoms with E-state index in [2.05, 4.69) is 10.1 Å². The molecule has 0 saturated carbocycles. The summed E-state index contributed by atoms with van der Waals surface area (Å²) in [5.41, 5.74) is -0.356. The third-order valence-electron chi connectivity index (χ3n) is 4.17. The molecule has 2 aromatic heterocycles. The summed E-state index contributed by atoms with van der Waals surface area (Å²) in [4.78, 5) is 17.9. The van der Waals surface area contributed by atoms with Crippen LogP contribution in [-0.4, -0.2) is 22.6 Å². The lowest BCUT2D eigenvalue weighted by atomic mass is 10.1. The van der Waals surface area contributed by atoms with E-state index in [9.17, 15) is 18.0 Å². The summed E-state index contributed by atoms with van der Waals surface area (Å²) in [6.07, 6.45) is -2.79. The Kier molecular flexibility index (Phi) is 3.78. The zero-order valence-electron chi connectivity index (χ0n) is 13.2. The molecule has 1 fully saturated rings. The average molecular weight is 363 g/mol. The molecule has 1 amide bonds. The van der Waals surface area contributed by atoms with Gasteiger partial charge in [-0.25, -0.2) is 0 Å². The van der Waals surface area contributed by atoms with Gasteiger partial charge in [0.05, 0.1) is 11.8 Å². The molecule has 6 nitrogen and oxygen atoms in total. The van der Waals surface area contributed by atoms with Crippen molar-refractivity contribution in [3.63, 3.8) is 0 Å². The number of alkyl halides is 3. The maximum Gasteiger partial charge on any atom is 0.416 e. The summed E-state index contributed by atoms with van der Waals surface area (Å²) in [7, 11) is 0. The number of hydrogen-bond donors (Lipinski definition) is 0. The van der Waals surface area contributed by atoms with Crippen LogP contribution in [-0.2, 0) is 11.0 Å². The molecule has 1 aromatic carbocycles. The number of benzene rings is 1. The summed E-state index contributed by atoms with van der Waals surface area (Å²) in [5.74, 6) is 0.480. The van der Waals surface area contributed by atoms with E-state index in [0.717, 1.165) is 12.1 Å². The Labute approximate surface area is 145 Å². The normalized spacial score (nSPS) is 17.9. The van der Waals surface area contributed by atoms with Crippen molar-refractivity contribution in [1.29, 1.82) is 0 Å². The third kappa shape index (κ3) is 2.96. The van der Waals surface area contributed by atoms with Crippen LogP contribution in [0.25, 0.3) is 11.7 Å². The average Bonchev–Trinajstić information content (AvgIpc) is 3.34. The topological polar surface area (TPSA) is 72.4 Å². The van der Waals surface area contributed by atoms with Gasteiger partial charge in [0.1, 0.15) is 0 Å². The van der Waals surface area contributed by atoms with Crippen LogP contribution in [0.1, 0.15) is 23.7 Å². The van der Waals surface area contributed by atoms with Crippen molar-refractivity contribution in [2.45, 2.75) is 18.5 Å². The highest BCUT2D eigenvalue weighted by Crippen LogP contribution is 2.34. The number of amides is 1. The molecule has 26 heavy (non-hydrogen) atoms. The minimum Gasteiger partial charge on any atom is -0.459 e. The van der Waals surface area contributed by atoms with Crippen LogP contribution in [0.5, 0.6) is 0 Å². The smallest absolute Gasteiger partial charge is 0.416 e. The lowest BCUT2D eigenvalue weighted by Crippen LogP contribution is -2.24. The number of hydrogen-bond acceptors (Lipinski definition) is 5. The molecule has 0 bridgehead atoms. The van der Waals surface area contributed by atoms with Crippen LogP contribution in [0, 0.1) is 0 Å². The standard InChI is InChI=1S/C17H12F3N3O3/c18-17(19,20)11-3-5-12(6-4-11)23-9-10(8-14(23)24)15-21-16(26-22-15)13-2-1-7-25-13/h1-7,10H,8-9H2. The lowest BCUT2D eigenvalue weighted by Gasteiger charge is -2.17. The zero-order chi connectivity index (χ0) is 18.3. The molecular weight excluding hydrogens is 351 g/mol. The Morgan fingerprint density at radius 1 is 1.15 bits per heavy atom. The van der Waals surface area contributed by atoms with Gasteiger partial charge in [-0.1, -0.05) is 5.16 Å². The maximum absolute atomic E-state index is 12.7. The summed E-state index contributed by atoms with van der Waals surface area (Å²) >= 11 is 0. The Morgan fingerprint density at radius 3 is 2.58 bits per heavy atom. The van der Waals surface area contributed by atoms with Crippen LogP contribution < -0.4 is 4.90 Å². The first kappa shape index (κ1) is 16.4. The molecule has 0 radical (unpaired) electrons. The van der Waals surface area contributed by atoms with Gasteiger partial charge >= 0.3 is 6.18 Å². The van der Waals surface area contributed by atoms with Crippen molar-refractivity contribution < 1.29 is 26.9 Å². The summed E-state index contributed by atoms with van der Waals surface area (Å²) < 4.78 is 48.3. The lowest BCUT2D eigenvalue weighted by molar-refractivity contribution is -0.137. The summed E-state index contributed by atoms with van der Waals surface area (Å²) in [5, 5.41) is 3.89. The monoisotopic (exact) mass is 363 g/mol. The highest BCUT2D eigenvalue weighted by Gasteiger charge is 2.35. The molecule has 3 aromatic rings. The van der Waals surface area contributed by atoms with Gasteiger partial charge in [-0.3, -0.25) is 4.79 Å². The molecule has 0 N–H and O–H groups in total. The molecule has 1 atom stereocenters. The number of furan rings is 1. The SMILES string of the molecule is O=C1CC(c2noc(-c3ccco3)n2)CN1c1ccc(C(F)(F)F)cc1. The Bertz CT molecular complexity index is 917. The van der Waals surface area contributed by atoms with Gasteiger partial charge in [-0.15, -0.1) is 0 Å². The molecule has 4 rings (SSSR count). The van der Waals surface area contributed by atoms with E-state index >= 15 is 0 Å². The highest BCUT2D eigenvalue weighted by atomic mass is 19.4. The first-order chi connectivity index (χ1) is 12.4. The van der Waals surface area contributed by atoms with Crippen molar-refractivity contribution in [2.24, 2.45) is 0 Å². The third-order valence-corrected chi connectivity index (χ3v) is 4.17. The van der Waals surface area contributed by atoms with E-state index < -0.39 is 11.7 Å². The van der Waals surface area contributed by atoms with Crippen molar-refractivity contribution in [3.8, 4) is 11.7 Å². The number of nitrogens with zero attached hydrogens (tertiary/aromatic N) is 3. The second-order valence-corrected chi connectivity index (χ2v) is 5.89. The van der Waals surface area contributed by atoms with Crippen LogP contribution >= 0.6 is 0 Å². The van der Waals surface area contributed by atoms with E-state index in [4.69, 9.17) is 8.94 Å². The van der Waals surface area contributed by atoms with Crippen LogP contribution in [0.4, 0.5) is 18.9 Å². The van der Waals surface area contributed by atoms with Crippen molar-refractivity contribution in [2.75, 3.05) is 11.4 Å². The molecule has 1 saturated heterocycles. The molecule has 9 heteroatoms. The number of rotatable bonds is 3. The van der Waals surface area contributed by atoms with Crippen molar-refractivity contribution in [1.82, 2.24) is 10.1 Å². The predicted molar refractivity (Wildman–Crippen MR) is 83.2 cm³/mol. The van der Waals surface area contributed by atoms with Gasteiger partial charge in [-0.2, -0.15) is 18.2 Å². The fraction of sp³-hybridized carbons (Fsp3) is 0.235. The van der Waals surface area contributed by atoms with E-state index in [0.29, 0.717) is 17.3 Å². The minimum absolute atomic E-state index is 0.151. The highest BCUT2D eigenvalue weighted by molar-refractivity contribution is 5.96. The van der Waals surface area contributed by atoms with E-state index in [-0.39, 0.29) is 30.7 Å². The van der Waals surface area contributed by atoms with Gasteiger partial charge in [0, 0.05) is 24.6 Å². The van der Waals surface area contributed by atoms with Crippen LogP contribution in [0.2, 0.25) is 0 Å². The predicted octanol–water partition coefficient (Wildman–Crippen LogP) is 3.87. The summed E-state index contributed by atoms with van der Waals surface area (Å²) in [6.45, 7) is 0.265. The van der Waals surface area contributed by atoms with Gasteiger partial charge < -0.3 is 13.8 Å². The number of aromatic nitrogens is 2. The van der Waals surface area contributed by atoms with Crippen LogP contribution in [0.15, 0.2) is 51.6 Å². The van der Waals surface area contributed by atoms with E-state index in [1.807, 2.05) is 0 Å². The first-order valence-electron chi connectivity index (χ1n) is 7.77. The van der Waals surface area contributed by atoms with Crippen molar-refractivity contribution >= 4 is 11.6 Å². The summed E-state index contributed by atoms with van der Waals surface area (Å²) in [6, 6.07) is 7.84. The quantitative estimate of drug-likeness (QED) is 0.706. The zero-order valence-corrected chi connectivity index (χ0v) is 13.2. The second kappa shape index (κ2) is 6.01. The fourth-order valence-electron chi connectivity index (χ4n) is 2.86. The largest absolute Gasteiger partial charge is 0.459 e. The number of anilines is 1. The molecule has 1 aliphatic rings. The Morgan fingerprint density at radius 2 is 1.92 bits per heavy atom. The second-order valence-electron chi connectivity index (χ2n) is 5.89. The molecule has 1 unspecified atom stereocenters. The fourth-order valence-corrected chi connectivity index (χ4v) is 2.86. The maximum atomic E-state index is 12.7. The molecule has 1 aliphatic heterocycles. The molecule has 0 spiro atoms. The van der Waals surface area contributed by atoms with E-state index in [1.54, 1.807) is 12.1 Å². The Hall–Kier alpha value is -3.10. The van der Waals surface area contributed by atoms with E-state index in [1.165, 1.54) is 23.3 Å². The van der Waals surface area contributed by atoms with Crippen LogP contribution in [0.3, 0.4) is 0 Å². The molecular formula is C17H12F3N3O3. The Balaban J connectivity index is 1.52. The number of halogens is 3. The van der Waals surface area contributed by atoms with Gasteiger partial charge in [0.15, 0.2) is 11.6 Å². The van der Waals surface area contributed by atoms with Crippen molar-refractivity contribution in [3.05, 3.63) is 54.0 Å². The minimum atomic E-state index is -4.41. The van der Waals surface area contributed by atoms with Gasteiger partial charge in [0.2, 0.25) is 5.91 Å². The molecule has 3 heterocycles. The molecule has 134 valence electrons. The number of carbonyl (C=O) groups is 1. The first-order valence-corrected chi connectivity index (χ1v) is 7.77.